The van der Waals surface area contributed by atoms with E-state index in [9.17, 15) is 4.79 Å². The molecule has 2 aliphatic heterocycles. The van der Waals surface area contributed by atoms with Gasteiger partial charge in [0.2, 0.25) is 11.8 Å². The number of benzene rings is 1. The molecule has 37 heavy (non-hydrogen) atoms. The molecule has 1 atom stereocenters. The monoisotopic (exact) mass is 562 g/mol. The van der Waals surface area contributed by atoms with E-state index >= 15 is 0 Å². The van der Waals surface area contributed by atoms with Gasteiger partial charge in [-0.25, -0.2) is 14.7 Å². The molecule has 2 aliphatic carbocycles. The van der Waals surface area contributed by atoms with Gasteiger partial charge in [-0.15, -0.1) is 0 Å². The predicted octanol–water partition coefficient (Wildman–Crippen LogP) is 5.15. The molecule has 0 saturated heterocycles. The lowest BCUT2D eigenvalue weighted by Crippen LogP contribution is -2.46. The van der Waals surface area contributed by atoms with Crippen molar-refractivity contribution < 1.29 is 14.3 Å². The summed E-state index contributed by atoms with van der Waals surface area (Å²) < 4.78 is 12.1. The summed E-state index contributed by atoms with van der Waals surface area (Å²) >= 11 is 3.56. The van der Waals surface area contributed by atoms with Crippen LogP contribution >= 0.6 is 15.9 Å². The maximum atomic E-state index is 13.4. The normalized spacial score (nSPS) is 20.6. The second-order valence-corrected chi connectivity index (χ2v) is 10.2. The minimum Gasteiger partial charge on any atom is -0.464 e. The molecule has 4 aliphatic rings. The van der Waals surface area contributed by atoms with Crippen LogP contribution in [0.3, 0.4) is 0 Å². The molecule has 6 rings (SSSR count). The molecule has 10 heteroatoms. The first kappa shape index (κ1) is 23.7. The van der Waals surface area contributed by atoms with Crippen LogP contribution in [0.1, 0.15) is 24.8 Å². The molecule has 1 fully saturated rings. The van der Waals surface area contributed by atoms with Crippen molar-refractivity contribution in [1.29, 1.82) is 0 Å². The quantitative estimate of drug-likeness (QED) is 0.499. The topological polar surface area (TPSA) is 83.1 Å². The van der Waals surface area contributed by atoms with Gasteiger partial charge in [0.25, 0.3) is 0 Å². The number of nitrogens with one attached hydrogen (secondary N) is 1. The average Bonchev–Trinajstić information content (AvgIpc) is 3.76. The lowest BCUT2D eigenvalue weighted by molar-refractivity contribution is 0.248. The van der Waals surface area contributed by atoms with E-state index in [0.717, 1.165) is 34.4 Å². The number of urea groups is 1. The van der Waals surface area contributed by atoms with E-state index in [1.54, 1.807) is 23.0 Å². The van der Waals surface area contributed by atoms with Gasteiger partial charge in [-0.2, -0.15) is 4.98 Å². The Labute approximate surface area is 223 Å². The number of ether oxygens (including phenoxy) is 2. The Bertz CT molecular complexity index is 1340. The zero-order valence-electron chi connectivity index (χ0n) is 20.4. The number of amides is 2. The number of hydrogen-bond acceptors (Lipinski definition) is 7. The molecule has 190 valence electrons. The van der Waals surface area contributed by atoms with E-state index in [1.165, 1.54) is 31.6 Å². The van der Waals surface area contributed by atoms with Gasteiger partial charge in [0.1, 0.15) is 18.3 Å². The molecule has 1 saturated carbocycles. The van der Waals surface area contributed by atoms with Crippen LogP contribution in [0.25, 0.3) is 0 Å². The van der Waals surface area contributed by atoms with E-state index < -0.39 is 0 Å². The summed E-state index contributed by atoms with van der Waals surface area (Å²) in [6, 6.07) is 8.11. The van der Waals surface area contributed by atoms with Gasteiger partial charge >= 0.3 is 6.03 Å². The summed E-state index contributed by atoms with van der Waals surface area (Å²) in [6.45, 7) is 1.21. The number of carbonyl (C=O) groups excluding carboxylic acids is 1. The number of fused-ring (bicyclic) bond motifs is 1. The lowest BCUT2D eigenvalue weighted by Gasteiger charge is -2.36. The Morgan fingerprint density at radius 1 is 1.24 bits per heavy atom. The first-order valence-corrected chi connectivity index (χ1v) is 13.1. The zero-order chi connectivity index (χ0) is 25.4. The minimum absolute atomic E-state index is 0.165. The number of rotatable bonds is 7. The number of anilines is 3. The molecule has 0 spiro atoms. The fourth-order valence-electron chi connectivity index (χ4n) is 4.68. The summed E-state index contributed by atoms with van der Waals surface area (Å²) in [4.78, 5) is 28.2. The average molecular weight is 563 g/mol. The first-order chi connectivity index (χ1) is 18.1. The van der Waals surface area contributed by atoms with E-state index in [1.807, 2.05) is 35.2 Å². The smallest absolute Gasteiger partial charge is 0.330 e. The highest BCUT2D eigenvalue weighted by Gasteiger charge is 2.35. The molecule has 1 aromatic carbocycles. The molecule has 1 aromatic heterocycles. The van der Waals surface area contributed by atoms with Crippen LogP contribution in [-0.4, -0.2) is 35.6 Å². The molecule has 2 aromatic rings. The van der Waals surface area contributed by atoms with Crippen molar-refractivity contribution in [2.24, 2.45) is 5.92 Å². The van der Waals surface area contributed by atoms with Gasteiger partial charge in [0.05, 0.1) is 12.2 Å². The third kappa shape index (κ3) is 4.74. The summed E-state index contributed by atoms with van der Waals surface area (Å²) in [5.41, 5.74) is 2.65. The van der Waals surface area contributed by atoms with Crippen LogP contribution in [-0.2, 0) is 16.0 Å². The van der Waals surface area contributed by atoms with Crippen molar-refractivity contribution in [3.05, 3.63) is 89.1 Å². The van der Waals surface area contributed by atoms with Crippen LogP contribution in [0.5, 0.6) is 0 Å². The second kappa shape index (κ2) is 10.0. The van der Waals surface area contributed by atoms with Crippen LogP contribution < -0.4 is 20.0 Å². The van der Waals surface area contributed by atoms with Crippen molar-refractivity contribution in [2.45, 2.75) is 31.8 Å². The van der Waals surface area contributed by atoms with Crippen LogP contribution in [0.2, 0.25) is 0 Å². The van der Waals surface area contributed by atoms with Gasteiger partial charge in [-0.1, -0.05) is 24.3 Å². The Morgan fingerprint density at radius 2 is 2.11 bits per heavy atom. The molecular formula is C27H27BrN6O3. The Balaban J connectivity index is 1.36. The number of hydrogen-bond donors (Lipinski definition) is 1. The number of halogens is 1. The fourth-order valence-corrected chi connectivity index (χ4v) is 5.17. The van der Waals surface area contributed by atoms with E-state index in [0.29, 0.717) is 30.2 Å². The number of nitrogens with zero attached hydrogens (tertiary/aromatic N) is 5. The largest absolute Gasteiger partial charge is 0.464 e. The Hall–Kier alpha value is -3.63. The highest BCUT2D eigenvalue weighted by atomic mass is 79.9. The highest BCUT2D eigenvalue weighted by molar-refractivity contribution is 9.10. The van der Waals surface area contributed by atoms with Gasteiger partial charge in [0.15, 0.2) is 6.26 Å². The number of para-hydroxylation sites is 1. The summed E-state index contributed by atoms with van der Waals surface area (Å²) in [5, 5.41) is 3.64. The molecular weight excluding hydrogens is 536 g/mol. The van der Waals surface area contributed by atoms with Crippen molar-refractivity contribution in [2.75, 3.05) is 28.3 Å². The van der Waals surface area contributed by atoms with Crippen molar-refractivity contribution in [3.8, 4) is 0 Å². The van der Waals surface area contributed by atoms with E-state index in [-0.39, 0.29) is 11.9 Å². The van der Waals surface area contributed by atoms with Crippen molar-refractivity contribution in [1.82, 2.24) is 15.3 Å². The molecule has 0 radical (unpaired) electrons. The van der Waals surface area contributed by atoms with Crippen LogP contribution in [0.15, 0.2) is 83.5 Å². The minimum atomic E-state index is -0.165. The summed E-state index contributed by atoms with van der Waals surface area (Å²) in [7, 11) is 1.73. The summed E-state index contributed by atoms with van der Waals surface area (Å²) in [6.07, 6.45) is 15.9. The van der Waals surface area contributed by atoms with E-state index in [4.69, 9.17) is 19.4 Å². The molecule has 1 unspecified atom stereocenters. The van der Waals surface area contributed by atoms with Gasteiger partial charge in [0, 0.05) is 47.5 Å². The van der Waals surface area contributed by atoms with Gasteiger partial charge < -0.3 is 14.8 Å². The first-order valence-electron chi connectivity index (χ1n) is 12.3. The number of carbonyl (C=O) groups is 1. The third-order valence-electron chi connectivity index (χ3n) is 6.78. The molecule has 1 N–H and O–H groups in total. The second-order valence-electron chi connectivity index (χ2n) is 9.35. The Morgan fingerprint density at radius 3 is 2.89 bits per heavy atom. The molecule has 3 heterocycles. The van der Waals surface area contributed by atoms with Crippen LogP contribution in [0.4, 0.5) is 22.2 Å². The highest BCUT2D eigenvalue weighted by Crippen LogP contribution is 2.37. The van der Waals surface area contributed by atoms with Gasteiger partial charge in [-0.3, -0.25) is 9.80 Å². The van der Waals surface area contributed by atoms with Gasteiger partial charge in [-0.05, 0) is 53.4 Å². The zero-order valence-corrected chi connectivity index (χ0v) is 22.0. The van der Waals surface area contributed by atoms with Crippen molar-refractivity contribution >= 4 is 39.4 Å². The number of allylic oxidation sites excluding steroid dienone is 3. The maximum absolute atomic E-state index is 13.4. The SMILES string of the molecule is CN1C(=O)N(c2ccccc2Br)Cc2cnc(N(C3=COC=CO3)C3=CC=CCC3CNC3CC3)nc21. The standard InChI is InChI=1S/C27H27BrN6O3/c1-32-25-19(16-33(27(32)35)23-9-5-3-7-21(23)28)15-30-26(31-25)34(24-17-36-12-13-37-24)22-8-4-2-6-18(22)14-29-20-10-11-20/h2-5,7-9,12-13,15,17-18,20,29H,6,10-11,14,16H2,1H3. The number of aromatic nitrogens is 2. The molecule has 0 bridgehead atoms. The summed E-state index contributed by atoms with van der Waals surface area (Å²) in [5.74, 6) is 1.64. The van der Waals surface area contributed by atoms with E-state index in [2.05, 4.69) is 33.4 Å². The fraction of sp³-hybridized carbons (Fsp3) is 0.296. The lowest BCUT2D eigenvalue weighted by atomic mass is 9.95. The Kier molecular flexibility index (Phi) is 6.43. The third-order valence-corrected chi connectivity index (χ3v) is 7.45. The van der Waals surface area contributed by atoms with Crippen molar-refractivity contribution in [3.63, 3.8) is 0 Å². The maximum Gasteiger partial charge on any atom is 0.330 e. The predicted molar refractivity (Wildman–Crippen MR) is 144 cm³/mol. The molecule has 9 nitrogen and oxygen atoms in total. The van der Waals surface area contributed by atoms with Crippen LogP contribution in [0, 0.1) is 5.92 Å². The molecule has 2 amide bonds.